The van der Waals surface area contributed by atoms with Crippen molar-refractivity contribution in [1.82, 2.24) is 5.32 Å². The molecule has 0 heterocycles. The van der Waals surface area contributed by atoms with Crippen LogP contribution in [-0.4, -0.2) is 24.2 Å². The molecular formula is C33H26ClFN2O4. The Morgan fingerprint density at radius 2 is 1.56 bits per heavy atom. The molecule has 8 heteroatoms. The summed E-state index contributed by atoms with van der Waals surface area (Å²) in [6.45, 7) is 2.48. The second-order valence-electron chi connectivity index (χ2n) is 8.74. The van der Waals surface area contributed by atoms with E-state index in [0.29, 0.717) is 23.4 Å². The fourth-order valence-corrected chi connectivity index (χ4v) is 3.98. The van der Waals surface area contributed by atoms with Crippen LogP contribution in [0.25, 0.3) is 12.2 Å². The van der Waals surface area contributed by atoms with Gasteiger partial charge in [-0.15, -0.1) is 0 Å². The van der Waals surface area contributed by atoms with Crippen molar-refractivity contribution in [1.29, 1.82) is 0 Å². The third-order valence-electron chi connectivity index (χ3n) is 5.86. The third-order valence-corrected chi connectivity index (χ3v) is 6.19. The molecule has 4 aromatic rings. The molecule has 0 radical (unpaired) electrons. The van der Waals surface area contributed by atoms with E-state index >= 15 is 0 Å². The van der Waals surface area contributed by atoms with Gasteiger partial charge in [0.05, 0.1) is 11.6 Å². The topological polar surface area (TPSA) is 84.5 Å². The van der Waals surface area contributed by atoms with Crippen LogP contribution >= 0.6 is 11.6 Å². The first-order valence-electron chi connectivity index (χ1n) is 12.7. The molecule has 0 aliphatic rings. The van der Waals surface area contributed by atoms with Gasteiger partial charge in [0.2, 0.25) is 0 Å². The van der Waals surface area contributed by atoms with Gasteiger partial charge in [-0.25, -0.2) is 4.39 Å². The van der Waals surface area contributed by atoms with E-state index in [4.69, 9.17) is 16.3 Å². The number of rotatable bonds is 10. The number of carbonyl (C=O) groups is 3. The summed E-state index contributed by atoms with van der Waals surface area (Å²) >= 11 is 6.15. The SMILES string of the molecule is CCOc1ccc(/C=C/C(=O)c2ccc(NC(=O)/C(=C/c3c(F)cccc3Cl)NC(=O)c3ccccc3)cc2)cc1. The maximum Gasteiger partial charge on any atom is 0.272 e. The predicted molar refractivity (Wildman–Crippen MR) is 159 cm³/mol. The maximum atomic E-state index is 14.5. The van der Waals surface area contributed by atoms with Crippen molar-refractivity contribution in [2.75, 3.05) is 11.9 Å². The number of anilines is 1. The van der Waals surface area contributed by atoms with Crippen LogP contribution in [-0.2, 0) is 4.79 Å². The molecule has 0 saturated carbocycles. The number of halogens is 2. The van der Waals surface area contributed by atoms with Crippen molar-refractivity contribution in [3.05, 3.63) is 142 Å². The van der Waals surface area contributed by atoms with Gasteiger partial charge in [0.15, 0.2) is 5.78 Å². The minimum Gasteiger partial charge on any atom is -0.494 e. The van der Waals surface area contributed by atoms with Gasteiger partial charge in [-0.1, -0.05) is 54.1 Å². The van der Waals surface area contributed by atoms with Gasteiger partial charge in [0, 0.05) is 22.4 Å². The van der Waals surface area contributed by atoms with Crippen LogP contribution in [0.5, 0.6) is 5.75 Å². The second-order valence-corrected chi connectivity index (χ2v) is 9.15. The highest BCUT2D eigenvalue weighted by molar-refractivity contribution is 6.32. The summed E-state index contributed by atoms with van der Waals surface area (Å²) < 4.78 is 19.9. The first-order chi connectivity index (χ1) is 19.8. The van der Waals surface area contributed by atoms with Gasteiger partial charge in [-0.05, 0) is 85.3 Å². The molecule has 0 unspecified atom stereocenters. The van der Waals surface area contributed by atoms with Crippen molar-refractivity contribution in [3.8, 4) is 5.75 Å². The van der Waals surface area contributed by atoms with E-state index < -0.39 is 17.6 Å². The van der Waals surface area contributed by atoms with Gasteiger partial charge in [-0.3, -0.25) is 14.4 Å². The first kappa shape index (κ1) is 29.0. The highest BCUT2D eigenvalue weighted by Crippen LogP contribution is 2.22. The van der Waals surface area contributed by atoms with Gasteiger partial charge < -0.3 is 15.4 Å². The number of allylic oxidation sites excluding steroid dienone is 1. The molecule has 0 atom stereocenters. The summed E-state index contributed by atoms with van der Waals surface area (Å²) in [5.41, 5.74) is 1.67. The number of hydrogen-bond donors (Lipinski definition) is 2. The Balaban J connectivity index is 1.49. The molecule has 2 N–H and O–H groups in total. The highest BCUT2D eigenvalue weighted by atomic mass is 35.5. The molecule has 0 fully saturated rings. The zero-order valence-electron chi connectivity index (χ0n) is 22.1. The van der Waals surface area contributed by atoms with Crippen LogP contribution in [0.4, 0.5) is 10.1 Å². The largest absolute Gasteiger partial charge is 0.494 e. The predicted octanol–water partition coefficient (Wildman–Crippen LogP) is 7.18. The summed E-state index contributed by atoms with van der Waals surface area (Å²) in [4.78, 5) is 38.6. The zero-order chi connectivity index (χ0) is 29.2. The van der Waals surface area contributed by atoms with Gasteiger partial charge in [0.25, 0.3) is 11.8 Å². The molecule has 0 aliphatic heterocycles. The molecule has 4 rings (SSSR count). The summed E-state index contributed by atoms with van der Waals surface area (Å²) in [7, 11) is 0. The number of nitrogens with one attached hydrogen (secondary N) is 2. The zero-order valence-corrected chi connectivity index (χ0v) is 22.8. The van der Waals surface area contributed by atoms with Crippen LogP contribution in [0, 0.1) is 5.82 Å². The van der Waals surface area contributed by atoms with E-state index in [2.05, 4.69) is 10.6 Å². The van der Waals surface area contributed by atoms with E-state index in [1.807, 2.05) is 31.2 Å². The van der Waals surface area contributed by atoms with E-state index in [0.717, 1.165) is 11.3 Å². The van der Waals surface area contributed by atoms with Gasteiger partial charge in [0.1, 0.15) is 17.3 Å². The Kier molecular flexibility index (Phi) is 9.80. The Morgan fingerprint density at radius 1 is 0.854 bits per heavy atom. The van der Waals surface area contributed by atoms with E-state index in [-0.39, 0.29) is 22.1 Å². The number of hydrogen-bond acceptors (Lipinski definition) is 4. The number of carbonyl (C=O) groups excluding carboxylic acids is 3. The fourth-order valence-electron chi connectivity index (χ4n) is 3.76. The molecule has 41 heavy (non-hydrogen) atoms. The Bertz CT molecular complexity index is 1580. The van der Waals surface area contributed by atoms with Crippen LogP contribution in [0.2, 0.25) is 5.02 Å². The Hall–Kier alpha value is -5.01. The van der Waals surface area contributed by atoms with Crippen molar-refractivity contribution in [2.45, 2.75) is 6.92 Å². The smallest absolute Gasteiger partial charge is 0.272 e. The lowest BCUT2D eigenvalue weighted by molar-refractivity contribution is -0.113. The summed E-state index contributed by atoms with van der Waals surface area (Å²) in [6.07, 6.45) is 4.34. The first-order valence-corrected chi connectivity index (χ1v) is 13.1. The van der Waals surface area contributed by atoms with Crippen LogP contribution < -0.4 is 15.4 Å². The number of ether oxygens (including phenoxy) is 1. The molecule has 0 bridgehead atoms. The molecule has 2 amide bonds. The molecular weight excluding hydrogens is 543 g/mol. The van der Waals surface area contributed by atoms with Crippen LogP contribution in [0.3, 0.4) is 0 Å². The number of ketones is 1. The minimum atomic E-state index is -0.705. The van der Waals surface area contributed by atoms with E-state index in [9.17, 15) is 18.8 Å². The lowest BCUT2D eigenvalue weighted by Gasteiger charge is -2.12. The molecule has 4 aromatic carbocycles. The van der Waals surface area contributed by atoms with Crippen molar-refractivity contribution < 1.29 is 23.5 Å². The minimum absolute atomic E-state index is 0.0482. The Morgan fingerprint density at radius 3 is 2.22 bits per heavy atom. The number of amides is 2. The quantitative estimate of drug-likeness (QED) is 0.157. The molecule has 6 nitrogen and oxygen atoms in total. The molecule has 0 spiro atoms. The molecule has 0 aromatic heterocycles. The summed E-state index contributed by atoms with van der Waals surface area (Å²) in [5.74, 6) is -1.38. The average molecular weight is 569 g/mol. The monoisotopic (exact) mass is 568 g/mol. The van der Waals surface area contributed by atoms with Gasteiger partial charge in [-0.2, -0.15) is 0 Å². The highest BCUT2D eigenvalue weighted by Gasteiger charge is 2.17. The second kappa shape index (κ2) is 13.9. The fraction of sp³-hybridized carbons (Fsp3) is 0.0606. The molecule has 0 aliphatic carbocycles. The average Bonchev–Trinajstić information content (AvgIpc) is 2.99. The third kappa shape index (κ3) is 8.00. The lowest BCUT2D eigenvalue weighted by Crippen LogP contribution is -2.30. The standard InChI is InChI=1S/C33H26ClFN2O4/c1-2-41-26-18-11-22(12-19-26)13-20-31(38)23-14-16-25(17-15-23)36-33(40)30(21-27-28(34)9-6-10-29(27)35)37-32(39)24-7-4-3-5-8-24/h3-21H,2H2,1H3,(H,36,40)(H,37,39)/b20-13+,30-21-. The Labute approximate surface area is 242 Å². The van der Waals surface area contributed by atoms with E-state index in [1.54, 1.807) is 60.7 Å². The van der Waals surface area contributed by atoms with Crippen LogP contribution in [0.15, 0.2) is 109 Å². The summed E-state index contributed by atoms with van der Waals surface area (Å²) in [6, 6.07) is 26.0. The van der Waals surface area contributed by atoms with E-state index in [1.165, 1.54) is 30.4 Å². The maximum absolute atomic E-state index is 14.5. The number of benzene rings is 4. The molecule has 0 saturated heterocycles. The molecule has 206 valence electrons. The van der Waals surface area contributed by atoms with Gasteiger partial charge >= 0.3 is 0 Å². The van der Waals surface area contributed by atoms with Crippen molar-refractivity contribution in [2.24, 2.45) is 0 Å². The summed E-state index contributed by atoms with van der Waals surface area (Å²) in [5, 5.41) is 5.29. The van der Waals surface area contributed by atoms with Crippen molar-refractivity contribution in [3.63, 3.8) is 0 Å². The normalized spacial score (nSPS) is 11.2. The van der Waals surface area contributed by atoms with Crippen molar-refractivity contribution >= 4 is 47.0 Å². The lowest BCUT2D eigenvalue weighted by atomic mass is 10.1. The van der Waals surface area contributed by atoms with Crippen LogP contribution in [0.1, 0.15) is 38.8 Å².